The monoisotopic (exact) mass is 305 g/mol. The minimum absolute atomic E-state index is 0.0530. The van der Waals surface area contributed by atoms with Crippen molar-refractivity contribution in [2.75, 3.05) is 6.54 Å². The second-order valence-electron chi connectivity index (χ2n) is 6.05. The highest BCUT2D eigenvalue weighted by Gasteiger charge is 2.58. The summed E-state index contributed by atoms with van der Waals surface area (Å²) in [6.45, 7) is 6.94. The molecule has 2 aliphatic heterocycles. The third kappa shape index (κ3) is 1.89. The molecule has 0 saturated carbocycles. The van der Waals surface area contributed by atoms with Crippen LogP contribution in [0.3, 0.4) is 0 Å². The summed E-state index contributed by atoms with van der Waals surface area (Å²) < 4.78 is 5.35. The van der Waals surface area contributed by atoms with Gasteiger partial charge in [0.1, 0.15) is 11.3 Å². The van der Waals surface area contributed by atoms with E-state index in [9.17, 15) is 9.59 Å². The van der Waals surface area contributed by atoms with Gasteiger partial charge in [0.2, 0.25) is 0 Å². The van der Waals surface area contributed by atoms with E-state index in [-0.39, 0.29) is 18.5 Å². The fraction of sp³-hybridized carbons (Fsp3) is 0.688. The van der Waals surface area contributed by atoms with Crippen LogP contribution in [-0.4, -0.2) is 39.0 Å². The highest BCUT2D eigenvalue weighted by Crippen LogP contribution is 2.40. The zero-order chi connectivity index (χ0) is 15.9. The number of aryl methyl sites for hydroxylation is 2. The van der Waals surface area contributed by atoms with Gasteiger partial charge in [-0.1, -0.05) is 25.9 Å². The molecule has 120 valence electrons. The van der Waals surface area contributed by atoms with Gasteiger partial charge in [-0.3, -0.25) is 9.69 Å². The Morgan fingerprint density at radius 2 is 2.00 bits per heavy atom. The van der Waals surface area contributed by atoms with Gasteiger partial charge in [0.15, 0.2) is 0 Å². The fourth-order valence-corrected chi connectivity index (χ4v) is 3.80. The standard InChI is InChI=1S/C16H23N3O3/c1-4-12-11(13(5-2)22-17-12)10-18-14(20)16(6-3)8-7-9-19(16)15(18)21/h4-10H2,1-3H3. The second-order valence-corrected chi connectivity index (χ2v) is 6.05. The lowest BCUT2D eigenvalue weighted by molar-refractivity contribution is -0.133. The van der Waals surface area contributed by atoms with E-state index in [0.29, 0.717) is 19.4 Å². The maximum atomic E-state index is 12.9. The van der Waals surface area contributed by atoms with Crippen molar-refractivity contribution in [3.05, 3.63) is 17.0 Å². The van der Waals surface area contributed by atoms with Crippen molar-refractivity contribution in [2.24, 2.45) is 0 Å². The van der Waals surface area contributed by atoms with E-state index < -0.39 is 5.54 Å². The molecule has 1 aromatic rings. The molecule has 6 nitrogen and oxygen atoms in total. The first-order valence-electron chi connectivity index (χ1n) is 8.18. The van der Waals surface area contributed by atoms with Gasteiger partial charge >= 0.3 is 6.03 Å². The quantitative estimate of drug-likeness (QED) is 0.784. The van der Waals surface area contributed by atoms with Gasteiger partial charge in [-0.2, -0.15) is 0 Å². The molecule has 0 spiro atoms. The van der Waals surface area contributed by atoms with Crippen LogP contribution >= 0.6 is 0 Å². The Bertz CT molecular complexity index is 588. The van der Waals surface area contributed by atoms with Crippen molar-refractivity contribution in [2.45, 2.75) is 65.0 Å². The molecule has 22 heavy (non-hydrogen) atoms. The number of imide groups is 1. The van der Waals surface area contributed by atoms with Crippen LogP contribution in [0.1, 0.15) is 57.1 Å². The number of nitrogens with zero attached hydrogens (tertiary/aromatic N) is 3. The van der Waals surface area contributed by atoms with Crippen LogP contribution in [0.4, 0.5) is 4.79 Å². The molecule has 0 N–H and O–H groups in total. The summed E-state index contributed by atoms with van der Waals surface area (Å²) in [6.07, 6.45) is 3.81. The first kappa shape index (κ1) is 15.1. The number of amides is 3. The van der Waals surface area contributed by atoms with Crippen LogP contribution in [-0.2, 0) is 24.2 Å². The summed E-state index contributed by atoms with van der Waals surface area (Å²) in [5.74, 6) is 0.720. The molecule has 1 unspecified atom stereocenters. The Morgan fingerprint density at radius 1 is 1.23 bits per heavy atom. The third-order valence-electron chi connectivity index (χ3n) is 5.10. The summed E-state index contributed by atoms with van der Waals surface area (Å²) in [5.41, 5.74) is 1.14. The number of rotatable bonds is 5. The summed E-state index contributed by atoms with van der Waals surface area (Å²) >= 11 is 0. The molecule has 0 aromatic carbocycles. The molecular weight excluding hydrogens is 282 g/mol. The van der Waals surface area contributed by atoms with Gasteiger partial charge in [-0.25, -0.2) is 4.79 Å². The van der Waals surface area contributed by atoms with Gasteiger partial charge in [0, 0.05) is 18.5 Å². The van der Waals surface area contributed by atoms with E-state index in [4.69, 9.17) is 4.52 Å². The minimum Gasteiger partial charge on any atom is -0.361 e. The van der Waals surface area contributed by atoms with Gasteiger partial charge in [0.25, 0.3) is 5.91 Å². The summed E-state index contributed by atoms with van der Waals surface area (Å²) in [5, 5.41) is 4.07. The van der Waals surface area contributed by atoms with Crippen molar-refractivity contribution >= 4 is 11.9 Å². The predicted octanol–water partition coefficient (Wildman–Crippen LogP) is 2.51. The number of carbonyl (C=O) groups is 2. The normalized spacial score (nSPS) is 24.5. The Labute approximate surface area is 130 Å². The molecule has 3 rings (SSSR count). The number of urea groups is 1. The SMILES string of the molecule is CCc1noc(CC)c1CN1C(=O)N2CCCC2(CC)C1=O. The molecule has 0 bridgehead atoms. The topological polar surface area (TPSA) is 66.7 Å². The number of hydrogen-bond acceptors (Lipinski definition) is 4. The maximum Gasteiger partial charge on any atom is 0.327 e. The molecule has 1 aromatic heterocycles. The van der Waals surface area contributed by atoms with Crippen molar-refractivity contribution in [1.82, 2.24) is 15.0 Å². The van der Waals surface area contributed by atoms with E-state index in [1.807, 2.05) is 20.8 Å². The van der Waals surface area contributed by atoms with Crippen molar-refractivity contribution < 1.29 is 14.1 Å². The number of carbonyl (C=O) groups excluding carboxylic acids is 2. The highest BCUT2D eigenvalue weighted by molar-refractivity contribution is 6.07. The van der Waals surface area contributed by atoms with E-state index in [1.54, 1.807) is 4.90 Å². The molecule has 2 saturated heterocycles. The average Bonchev–Trinajstić information content (AvgIpc) is 3.18. The molecule has 2 aliphatic rings. The van der Waals surface area contributed by atoms with E-state index in [2.05, 4.69) is 5.16 Å². The number of hydrogen-bond donors (Lipinski definition) is 0. The van der Waals surface area contributed by atoms with Gasteiger partial charge < -0.3 is 9.42 Å². The Hall–Kier alpha value is -1.85. The highest BCUT2D eigenvalue weighted by atomic mass is 16.5. The molecule has 2 fully saturated rings. The summed E-state index contributed by atoms with van der Waals surface area (Å²) in [7, 11) is 0. The maximum absolute atomic E-state index is 12.9. The van der Waals surface area contributed by atoms with E-state index in [0.717, 1.165) is 36.3 Å². The van der Waals surface area contributed by atoms with Crippen LogP contribution in [0.15, 0.2) is 4.52 Å². The molecule has 6 heteroatoms. The van der Waals surface area contributed by atoms with Gasteiger partial charge in [0.05, 0.1) is 12.2 Å². The first-order valence-corrected chi connectivity index (χ1v) is 8.18. The third-order valence-corrected chi connectivity index (χ3v) is 5.10. The molecule has 1 atom stereocenters. The van der Waals surface area contributed by atoms with Crippen LogP contribution in [0, 0.1) is 0 Å². The van der Waals surface area contributed by atoms with E-state index >= 15 is 0 Å². The lowest BCUT2D eigenvalue weighted by atomic mass is 9.93. The zero-order valence-electron chi connectivity index (χ0n) is 13.5. The minimum atomic E-state index is -0.604. The Balaban J connectivity index is 1.92. The molecule has 0 radical (unpaired) electrons. The Kier molecular flexibility index (Phi) is 3.70. The van der Waals surface area contributed by atoms with Gasteiger partial charge in [-0.05, 0) is 25.7 Å². The van der Waals surface area contributed by atoms with Crippen molar-refractivity contribution in [1.29, 1.82) is 0 Å². The summed E-state index contributed by atoms with van der Waals surface area (Å²) in [6, 6.07) is -0.158. The zero-order valence-corrected chi connectivity index (χ0v) is 13.5. The molecule has 3 amide bonds. The lowest BCUT2D eigenvalue weighted by Gasteiger charge is -2.26. The number of aromatic nitrogens is 1. The van der Waals surface area contributed by atoms with Crippen LogP contribution in [0.5, 0.6) is 0 Å². The molecular formula is C16H23N3O3. The van der Waals surface area contributed by atoms with E-state index in [1.165, 1.54) is 4.90 Å². The predicted molar refractivity (Wildman–Crippen MR) is 80.2 cm³/mol. The second kappa shape index (κ2) is 5.41. The number of fused-ring (bicyclic) bond motifs is 1. The first-order chi connectivity index (χ1) is 10.6. The van der Waals surface area contributed by atoms with Crippen LogP contribution < -0.4 is 0 Å². The Morgan fingerprint density at radius 3 is 2.59 bits per heavy atom. The van der Waals surface area contributed by atoms with Gasteiger partial charge in [-0.15, -0.1) is 0 Å². The molecule has 0 aliphatic carbocycles. The lowest BCUT2D eigenvalue weighted by Crippen LogP contribution is -2.44. The van der Waals surface area contributed by atoms with Crippen molar-refractivity contribution in [3.63, 3.8) is 0 Å². The largest absolute Gasteiger partial charge is 0.361 e. The molecule has 3 heterocycles. The van der Waals surface area contributed by atoms with Crippen molar-refractivity contribution in [3.8, 4) is 0 Å². The summed E-state index contributed by atoms with van der Waals surface area (Å²) in [4.78, 5) is 28.7. The average molecular weight is 305 g/mol. The van der Waals surface area contributed by atoms with Crippen LogP contribution in [0.25, 0.3) is 0 Å². The fourth-order valence-electron chi connectivity index (χ4n) is 3.80. The smallest absolute Gasteiger partial charge is 0.327 e. The van der Waals surface area contributed by atoms with Crippen LogP contribution in [0.2, 0.25) is 0 Å².